The molecule has 5 nitrogen and oxygen atoms in total. The molecule has 5 rings (SSSR count). The van der Waals surface area contributed by atoms with Gasteiger partial charge >= 0.3 is 5.97 Å². The van der Waals surface area contributed by atoms with Gasteiger partial charge in [-0.1, -0.05) is 129 Å². The van der Waals surface area contributed by atoms with E-state index in [1.807, 2.05) is 84.9 Å². The molecule has 206 valence electrons. The number of hydrogen-bond acceptors (Lipinski definition) is 5. The smallest absolute Gasteiger partial charge is 0.352 e. The molecule has 0 saturated carbocycles. The number of ether oxygens (including phenoxy) is 3. The zero-order chi connectivity index (χ0) is 28.9. The molecule has 1 aliphatic heterocycles. The second-order valence-corrected chi connectivity index (χ2v) is 15.6. The molecule has 1 saturated heterocycles. The largest absolute Gasteiger partial charge is 0.466 e. The van der Waals surface area contributed by atoms with Gasteiger partial charge in [-0.2, -0.15) is 0 Å². The molecule has 1 fully saturated rings. The number of carbonyl (C=O) groups excluding carboxylic acids is 1. The lowest BCUT2D eigenvalue weighted by Gasteiger charge is -2.48. The van der Waals surface area contributed by atoms with Crippen LogP contribution < -0.4 is 0 Å². The van der Waals surface area contributed by atoms with Crippen LogP contribution in [0.5, 0.6) is 0 Å². The van der Waals surface area contributed by atoms with Gasteiger partial charge in [0.15, 0.2) is 6.79 Å². The predicted molar refractivity (Wildman–Crippen MR) is 166 cm³/mol. The lowest BCUT2D eigenvalue weighted by molar-refractivity contribution is -0.422. The van der Waals surface area contributed by atoms with Crippen molar-refractivity contribution < 1.29 is 19.0 Å². The molecule has 1 heterocycles. The van der Waals surface area contributed by atoms with Crippen molar-refractivity contribution in [2.45, 2.75) is 31.0 Å². The van der Waals surface area contributed by atoms with Crippen LogP contribution in [-0.4, -0.2) is 39.7 Å². The minimum Gasteiger partial charge on any atom is -0.466 e. The van der Waals surface area contributed by atoms with E-state index in [-0.39, 0.29) is 6.79 Å². The lowest BCUT2D eigenvalue weighted by Crippen LogP contribution is -2.64. The predicted octanol–water partition coefficient (Wildman–Crippen LogP) is 7.09. The Morgan fingerprint density at radius 3 is 1.93 bits per heavy atom. The summed E-state index contributed by atoms with van der Waals surface area (Å²) in [6.07, 6.45) is 1.64. The topological polar surface area (TPSA) is 57.1 Å². The molecule has 41 heavy (non-hydrogen) atoms. The standard InChI is InChI=1S/C35H33NO4Si/c1-38-33(37)34(22-23-41(2,3)4,36-25-27-14-8-5-9-15-27)35(39-26-40-35)30-20-21-31(28-16-10-6-11-17-28)32(24-30)29-18-12-7-13-19-29/h5-21,24-25H,26H2,1-4H3. The van der Waals surface area contributed by atoms with E-state index < -0.39 is 25.4 Å². The summed E-state index contributed by atoms with van der Waals surface area (Å²) in [7, 11) is -0.634. The quantitative estimate of drug-likeness (QED) is 0.105. The molecule has 0 radical (unpaired) electrons. The van der Waals surface area contributed by atoms with Gasteiger partial charge in [0.25, 0.3) is 5.54 Å². The minimum absolute atomic E-state index is 0.00463. The van der Waals surface area contributed by atoms with Crippen LogP contribution in [0.1, 0.15) is 11.1 Å². The van der Waals surface area contributed by atoms with Gasteiger partial charge < -0.3 is 14.2 Å². The Morgan fingerprint density at radius 2 is 1.41 bits per heavy atom. The maximum Gasteiger partial charge on any atom is 0.352 e. The zero-order valence-electron chi connectivity index (χ0n) is 23.8. The minimum atomic E-state index is -1.97. The molecule has 0 N–H and O–H groups in total. The molecule has 1 unspecified atom stereocenters. The van der Waals surface area contributed by atoms with Crippen molar-refractivity contribution in [3.05, 3.63) is 120 Å². The van der Waals surface area contributed by atoms with E-state index >= 15 is 0 Å². The fourth-order valence-electron chi connectivity index (χ4n) is 4.81. The van der Waals surface area contributed by atoms with Crippen molar-refractivity contribution in [1.82, 2.24) is 0 Å². The molecule has 0 aromatic heterocycles. The first-order valence-corrected chi connectivity index (χ1v) is 17.0. The number of benzene rings is 4. The van der Waals surface area contributed by atoms with Gasteiger partial charge in [-0.3, -0.25) is 4.99 Å². The first-order valence-electron chi connectivity index (χ1n) is 13.5. The second-order valence-electron chi connectivity index (χ2n) is 10.9. The van der Waals surface area contributed by atoms with Gasteiger partial charge in [0.05, 0.1) is 7.11 Å². The Morgan fingerprint density at radius 1 is 0.854 bits per heavy atom. The van der Waals surface area contributed by atoms with Gasteiger partial charge in [-0.15, -0.1) is 5.54 Å². The number of methoxy groups -OCH3 is 1. The van der Waals surface area contributed by atoms with E-state index in [2.05, 4.69) is 55.4 Å². The molecule has 4 aromatic rings. The monoisotopic (exact) mass is 559 g/mol. The van der Waals surface area contributed by atoms with Crippen LogP contribution in [0.15, 0.2) is 114 Å². The molecule has 1 aliphatic rings. The third-order valence-electron chi connectivity index (χ3n) is 6.88. The van der Waals surface area contributed by atoms with E-state index in [9.17, 15) is 4.79 Å². The highest BCUT2D eigenvalue weighted by Gasteiger charge is 2.65. The fraction of sp³-hybridized carbons (Fsp3) is 0.200. The van der Waals surface area contributed by atoms with Crippen LogP contribution in [0.2, 0.25) is 19.6 Å². The molecule has 0 amide bonds. The average Bonchev–Trinajstić information content (AvgIpc) is 2.98. The highest BCUT2D eigenvalue weighted by molar-refractivity contribution is 6.83. The van der Waals surface area contributed by atoms with Crippen LogP contribution in [-0.2, 0) is 24.8 Å². The van der Waals surface area contributed by atoms with Gasteiger partial charge in [0.2, 0.25) is 5.79 Å². The summed E-state index contributed by atoms with van der Waals surface area (Å²) in [4.78, 5) is 18.7. The summed E-state index contributed by atoms with van der Waals surface area (Å²) in [6.45, 7) is 6.33. The van der Waals surface area contributed by atoms with Crippen molar-refractivity contribution in [3.63, 3.8) is 0 Å². The number of aliphatic imine (C=N–C) groups is 1. The Bertz CT molecular complexity index is 1600. The molecule has 0 aliphatic carbocycles. The molecule has 1 atom stereocenters. The maximum absolute atomic E-state index is 13.8. The van der Waals surface area contributed by atoms with Gasteiger partial charge in [0, 0.05) is 11.8 Å². The van der Waals surface area contributed by atoms with Gasteiger partial charge in [-0.05, 0) is 33.9 Å². The zero-order valence-corrected chi connectivity index (χ0v) is 24.8. The third kappa shape index (κ3) is 5.66. The number of nitrogens with zero attached hydrogens (tertiary/aromatic N) is 1. The van der Waals surface area contributed by atoms with Crippen molar-refractivity contribution in [2.75, 3.05) is 13.9 Å². The Balaban J connectivity index is 1.76. The Hall–Kier alpha value is -4.28. The van der Waals surface area contributed by atoms with E-state index in [0.717, 1.165) is 27.8 Å². The third-order valence-corrected chi connectivity index (χ3v) is 7.75. The molecule has 4 aromatic carbocycles. The average molecular weight is 560 g/mol. The second kappa shape index (κ2) is 11.7. The van der Waals surface area contributed by atoms with E-state index in [1.165, 1.54) is 7.11 Å². The molecule has 0 bridgehead atoms. The summed E-state index contributed by atoms with van der Waals surface area (Å²) >= 11 is 0. The first-order chi connectivity index (χ1) is 19.8. The summed E-state index contributed by atoms with van der Waals surface area (Å²) < 4.78 is 17.9. The van der Waals surface area contributed by atoms with Crippen LogP contribution in [0.25, 0.3) is 22.3 Å². The number of carbonyl (C=O) groups is 1. The van der Waals surface area contributed by atoms with Crippen LogP contribution in [0.3, 0.4) is 0 Å². The van der Waals surface area contributed by atoms with E-state index in [4.69, 9.17) is 19.2 Å². The molecule has 0 spiro atoms. The number of rotatable bonds is 7. The van der Waals surface area contributed by atoms with Crippen LogP contribution in [0.4, 0.5) is 0 Å². The summed E-state index contributed by atoms with van der Waals surface area (Å²) in [6, 6.07) is 35.9. The Kier molecular flexibility index (Phi) is 8.05. The van der Waals surface area contributed by atoms with Gasteiger partial charge in [-0.25, -0.2) is 4.79 Å². The highest BCUT2D eigenvalue weighted by Crippen LogP contribution is 2.49. The summed E-state index contributed by atoms with van der Waals surface area (Å²) in [5.41, 5.74) is 7.09. The number of hydrogen-bond donors (Lipinski definition) is 0. The highest BCUT2D eigenvalue weighted by atomic mass is 28.3. The van der Waals surface area contributed by atoms with Gasteiger partial charge in [0.1, 0.15) is 8.07 Å². The van der Waals surface area contributed by atoms with E-state index in [1.54, 1.807) is 6.21 Å². The number of esters is 1. The lowest BCUT2D eigenvalue weighted by atomic mass is 9.81. The van der Waals surface area contributed by atoms with Crippen LogP contribution >= 0.6 is 0 Å². The molecular weight excluding hydrogens is 526 g/mol. The van der Waals surface area contributed by atoms with Crippen molar-refractivity contribution in [3.8, 4) is 33.7 Å². The molecular formula is C35H33NO4Si. The summed E-state index contributed by atoms with van der Waals surface area (Å²) in [5, 5.41) is 0. The first kappa shape index (κ1) is 28.3. The fourth-order valence-corrected chi connectivity index (χ4v) is 5.37. The van der Waals surface area contributed by atoms with Crippen molar-refractivity contribution >= 4 is 20.3 Å². The van der Waals surface area contributed by atoms with Crippen LogP contribution in [0, 0.1) is 11.5 Å². The SMILES string of the molecule is COC(=O)C(C#C[Si](C)(C)C)(N=Cc1ccccc1)C1(c2ccc(-c3ccccc3)c(-c3ccccc3)c2)OCO1. The van der Waals surface area contributed by atoms with Crippen molar-refractivity contribution in [2.24, 2.45) is 4.99 Å². The molecule has 6 heteroatoms. The maximum atomic E-state index is 13.8. The van der Waals surface area contributed by atoms with E-state index in [0.29, 0.717) is 5.56 Å². The summed E-state index contributed by atoms with van der Waals surface area (Å²) in [5.74, 6) is 0.966. The normalized spacial score (nSPS) is 15.7. The Labute approximate surface area is 242 Å². The van der Waals surface area contributed by atoms with Crippen molar-refractivity contribution in [1.29, 1.82) is 0 Å².